The fourth-order valence-corrected chi connectivity index (χ4v) is 2.67. The maximum absolute atomic E-state index is 9.03. The number of nitriles is 1. The fourth-order valence-electron chi connectivity index (χ4n) is 2.67. The van der Waals surface area contributed by atoms with Gasteiger partial charge in [-0.1, -0.05) is 12.1 Å². The van der Waals surface area contributed by atoms with E-state index >= 15 is 0 Å². The Bertz CT molecular complexity index is 671. The van der Waals surface area contributed by atoms with Gasteiger partial charge in [0, 0.05) is 38.8 Å². The summed E-state index contributed by atoms with van der Waals surface area (Å²) in [7, 11) is 2.05. The molecular formula is C16H18N4O. The van der Waals surface area contributed by atoms with Crippen molar-refractivity contribution in [2.24, 2.45) is 7.05 Å². The van der Waals surface area contributed by atoms with Crippen molar-refractivity contribution in [3.05, 3.63) is 47.5 Å². The summed E-state index contributed by atoms with van der Waals surface area (Å²) >= 11 is 0. The van der Waals surface area contributed by atoms with Crippen LogP contribution in [0, 0.1) is 11.3 Å². The van der Waals surface area contributed by atoms with Crippen LogP contribution in [0.5, 0.6) is 5.75 Å². The van der Waals surface area contributed by atoms with Crippen LogP contribution >= 0.6 is 0 Å². The molecule has 1 aromatic heterocycles. The van der Waals surface area contributed by atoms with Gasteiger partial charge in [0.05, 0.1) is 17.6 Å². The third kappa shape index (κ3) is 2.91. The van der Waals surface area contributed by atoms with Crippen LogP contribution < -0.4 is 4.74 Å². The Morgan fingerprint density at radius 2 is 2.24 bits per heavy atom. The summed E-state index contributed by atoms with van der Waals surface area (Å²) < 4.78 is 7.84. The molecule has 0 radical (unpaired) electrons. The van der Waals surface area contributed by atoms with Gasteiger partial charge in [-0.2, -0.15) is 5.26 Å². The molecule has 0 amide bonds. The number of rotatable bonds is 4. The molecule has 0 fully saturated rings. The number of aromatic nitrogens is 2. The third-order valence-electron chi connectivity index (χ3n) is 3.86. The highest BCUT2D eigenvalue weighted by atomic mass is 16.5. The summed E-state index contributed by atoms with van der Waals surface area (Å²) in [6, 6.07) is 9.49. The van der Waals surface area contributed by atoms with Crippen molar-refractivity contribution in [1.82, 2.24) is 14.5 Å². The van der Waals surface area contributed by atoms with Gasteiger partial charge in [-0.25, -0.2) is 4.98 Å². The van der Waals surface area contributed by atoms with Crippen molar-refractivity contribution in [3.63, 3.8) is 0 Å². The highest BCUT2D eigenvalue weighted by Gasteiger charge is 2.19. The van der Waals surface area contributed by atoms with Crippen molar-refractivity contribution in [1.29, 1.82) is 5.26 Å². The van der Waals surface area contributed by atoms with Crippen LogP contribution in [0.3, 0.4) is 0 Å². The standard InChI is InChI=1S/C16H18N4O/c1-19-12-18-14-11-20(7-6-15(14)19)8-9-21-16-5-3-2-4-13(16)10-17/h2-5,12H,6-9,11H2,1H3. The molecule has 0 saturated carbocycles. The van der Waals surface area contributed by atoms with E-state index in [0.717, 1.165) is 26.1 Å². The maximum atomic E-state index is 9.03. The summed E-state index contributed by atoms with van der Waals surface area (Å²) in [5.41, 5.74) is 3.09. The predicted molar refractivity (Wildman–Crippen MR) is 78.8 cm³/mol. The molecule has 0 unspecified atom stereocenters. The van der Waals surface area contributed by atoms with E-state index < -0.39 is 0 Å². The van der Waals surface area contributed by atoms with E-state index in [1.807, 2.05) is 31.6 Å². The van der Waals surface area contributed by atoms with Crippen LogP contribution in [0.15, 0.2) is 30.6 Å². The van der Waals surface area contributed by atoms with Crippen LogP contribution in [-0.4, -0.2) is 34.1 Å². The molecule has 0 N–H and O–H groups in total. The molecule has 0 saturated heterocycles. The molecule has 2 aromatic rings. The molecule has 5 heteroatoms. The van der Waals surface area contributed by atoms with Gasteiger partial charge in [0.25, 0.3) is 0 Å². The topological polar surface area (TPSA) is 54.1 Å². The lowest BCUT2D eigenvalue weighted by molar-refractivity contribution is 0.193. The Morgan fingerprint density at radius 1 is 1.38 bits per heavy atom. The minimum absolute atomic E-state index is 0.584. The van der Waals surface area contributed by atoms with Gasteiger partial charge in [0.1, 0.15) is 18.4 Å². The number of aryl methyl sites for hydroxylation is 1. The number of hydrogen-bond donors (Lipinski definition) is 0. The Kier molecular flexibility index (Phi) is 3.89. The molecule has 0 aliphatic carbocycles. The minimum Gasteiger partial charge on any atom is -0.491 e. The molecule has 0 atom stereocenters. The molecule has 0 bridgehead atoms. The van der Waals surface area contributed by atoms with E-state index in [1.54, 1.807) is 6.07 Å². The largest absolute Gasteiger partial charge is 0.491 e. The zero-order valence-corrected chi connectivity index (χ0v) is 12.1. The van der Waals surface area contributed by atoms with Crippen LogP contribution in [0.1, 0.15) is 17.0 Å². The Hall–Kier alpha value is -2.32. The second-order valence-corrected chi connectivity index (χ2v) is 5.23. The quantitative estimate of drug-likeness (QED) is 0.857. The molecule has 0 spiro atoms. The van der Waals surface area contributed by atoms with E-state index in [1.165, 1.54) is 11.4 Å². The van der Waals surface area contributed by atoms with E-state index in [-0.39, 0.29) is 0 Å². The summed E-state index contributed by atoms with van der Waals surface area (Å²) in [5, 5.41) is 9.03. The molecular weight excluding hydrogens is 264 g/mol. The van der Waals surface area contributed by atoms with Gasteiger partial charge in [-0.3, -0.25) is 4.90 Å². The van der Waals surface area contributed by atoms with Crippen molar-refractivity contribution in [3.8, 4) is 11.8 Å². The normalized spacial score (nSPS) is 14.5. The van der Waals surface area contributed by atoms with Gasteiger partial charge in [-0.05, 0) is 12.1 Å². The molecule has 108 valence electrons. The predicted octanol–water partition coefficient (Wildman–Crippen LogP) is 1.73. The lowest BCUT2D eigenvalue weighted by Gasteiger charge is -2.26. The summed E-state index contributed by atoms with van der Waals surface area (Å²) in [6.45, 7) is 3.33. The number of benzene rings is 1. The number of nitrogens with zero attached hydrogens (tertiary/aromatic N) is 4. The van der Waals surface area contributed by atoms with Crippen LogP contribution in [-0.2, 0) is 20.0 Å². The SMILES string of the molecule is Cn1cnc2c1CCN(CCOc1ccccc1C#N)C2. The summed E-state index contributed by atoms with van der Waals surface area (Å²) in [4.78, 5) is 6.78. The first kappa shape index (κ1) is 13.7. The average Bonchev–Trinajstić information content (AvgIpc) is 2.89. The number of hydrogen-bond acceptors (Lipinski definition) is 4. The Balaban J connectivity index is 1.54. The lowest BCUT2D eigenvalue weighted by atomic mass is 10.1. The van der Waals surface area contributed by atoms with Crippen LogP contribution in [0.25, 0.3) is 0 Å². The van der Waals surface area contributed by atoms with Crippen molar-refractivity contribution >= 4 is 0 Å². The van der Waals surface area contributed by atoms with Crippen LogP contribution in [0.2, 0.25) is 0 Å². The molecule has 1 aliphatic heterocycles. The van der Waals surface area contributed by atoms with E-state index in [4.69, 9.17) is 10.00 Å². The first-order valence-corrected chi connectivity index (χ1v) is 7.11. The first-order chi connectivity index (χ1) is 10.3. The van der Waals surface area contributed by atoms with E-state index in [2.05, 4.69) is 20.5 Å². The molecule has 2 heterocycles. The monoisotopic (exact) mass is 282 g/mol. The summed E-state index contributed by atoms with van der Waals surface area (Å²) in [6.07, 6.45) is 2.91. The number of fused-ring (bicyclic) bond motifs is 1. The smallest absolute Gasteiger partial charge is 0.137 e. The lowest BCUT2D eigenvalue weighted by Crippen LogP contribution is -2.34. The number of ether oxygens (including phenoxy) is 1. The van der Waals surface area contributed by atoms with Gasteiger partial charge < -0.3 is 9.30 Å². The first-order valence-electron chi connectivity index (χ1n) is 7.11. The Morgan fingerprint density at radius 3 is 3.10 bits per heavy atom. The van der Waals surface area contributed by atoms with Crippen molar-refractivity contribution in [2.45, 2.75) is 13.0 Å². The van der Waals surface area contributed by atoms with Gasteiger partial charge in [-0.15, -0.1) is 0 Å². The van der Waals surface area contributed by atoms with E-state index in [0.29, 0.717) is 17.9 Å². The third-order valence-corrected chi connectivity index (χ3v) is 3.86. The molecule has 21 heavy (non-hydrogen) atoms. The van der Waals surface area contributed by atoms with Crippen molar-refractivity contribution in [2.75, 3.05) is 19.7 Å². The number of para-hydroxylation sites is 1. The molecule has 5 nitrogen and oxygen atoms in total. The van der Waals surface area contributed by atoms with E-state index in [9.17, 15) is 0 Å². The molecule has 1 aliphatic rings. The minimum atomic E-state index is 0.584. The van der Waals surface area contributed by atoms with Gasteiger partial charge in [0.2, 0.25) is 0 Å². The van der Waals surface area contributed by atoms with Crippen molar-refractivity contribution < 1.29 is 4.74 Å². The highest BCUT2D eigenvalue weighted by Crippen LogP contribution is 2.18. The van der Waals surface area contributed by atoms with Crippen LogP contribution in [0.4, 0.5) is 0 Å². The zero-order valence-electron chi connectivity index (χ0n) is 12.1. The van der Waals surface area contributed by atoms with Gasteiger partial charge >= 0.3 is 0 Å². The average molecular weight is 282 g/mol. The Labute approximate surface area is 124 Å². The molecule has 1 aromatic carbocycles. The highest BCUT2D eigenvalue weighted by molar-refractivity contribution is 5.42. The molecule has 3 rings (SSSR count). The second-order valence-electron chi connectivity index (χ2n) is 5.23. The second kappa shape index (κ2) is 5.98. The van der Waals surface area contributed by atoms with Gasteiger partial charge in [0.15, 0.2) is 0 Å². The maximum Gasteiger partial charge on any atom is 0.137 e. The zero-order chi connectivity index (χ0) is 14.7. The fraction of sp³-hybridized carbons (Fsp3) is 0.375. The number of imidazole rings is 1. The summed E-state index contributed by atoms with van der Waals surface area (Å²) in [5.74, 6) is 0.663.